The van der Waals surface area contributed by atoms with Gasteiger partial charge in [0.15, 0.2) is 0 Å². The lowest BCUT2D eigenvalue weighted by Gasteiger charge is -1.96. The zero-order chi connectivity index (χ0) is 13.0. The normalized spacial score (nSPS) is 10.9. The number of furan rings is 1. The lowest BCUT2D eigenvalue weighted by Crippen LogP contribution is -1.89. The molecule has 0 radical (unpaired) electrons. The lowest BCUT2D eigenvalue weighted by molar-refractivity contribution is -0.402. The third-order valence-electron chi connectivity index (χ3n) is 2.20. The van der Waals surface area contributed by atoms with Crippen molar-refractivity contribution >= 4 is 18.0 Å². The van der Waals surface area contributed by atoms with Gasteiger partial charge in [0.25, 0.3) is 0 Å². The minimum atomic E-state index is -0.595. The third-order valence-corrected chi connectivity index (χ3v) is 2.20. The molecule has 6 nitrogen and oxygen atoms in total. The molecule has 6 heteroatoms. The van der Waals surface area contributed by atoms with Gasteiger partial charge in [-0.25, -0.2) is 0 Å². The number of hydrogen-bond donors (Lipinski definition) is 1. The first kappa shape index (κ1) is 12.0. The van der Waals surface area contributed by atoms with E-state index in [1.54, 1.807) is 30.4 Å². The van der Waals surface area contributed by atoms with Crippen LogP contribution in [0.3, 0.4) is 0 Å². The highest BCUT2D eigenvalue weighted by molar-refractivity contribution is 5.65. The number of nitrogens with zero attached hydrogens (tertiary/aromatic N) is 2. The van der Waals surface area contributed by atoms with Crippen LogP contribution in [0.1, 0.15) is 17.1 Å². The van der Waals surface area contributed by atoms with Crippen molar-refractivity contribution in [3.63, 3.8) is 0 Å². The second-order valence-corrected chi connectivity index (χ2v) is 3.48. The maximum atomic E-state index is 10.4. The van der Waals surface area contributed by atoms with Crippen LogP contribution in [0.15, 0.2) is 34.7 Å². The van der Waals surface area contributed by atoms with Gasteiger partial charge in [-0.1, -0.05) is 6.07 Å². The van der Waals surface area contributed by atoms with Crippen LogP contribution >= 0.6 is 0 Å². The number of nitro groups is 1. The van der Waals surface area contributed by atoms with E-state index in [1.807, 2.05) is 0 Å². The van der Waals surface area contributed by atoms with Crippen molar-refractivity contribution in [2.45, 2.75) is 6.61 Å². The largest absolute Gasteiger partial charge is 0.433 e. The summed E-state index contributed by atoms with van der Waals surface area (Å²) in [7, 11) is 0. The Morgan fingerprint density at radius 1 is 1.33 bits per heavy atom. The molecule has 0 aromatic carbocycles. The second-order valence-electron chi connectivity index (χ2n) is 3.48. The van der Waals surface area contributed by atoms with E-state index in [9.17, 15) is 10.1 Å². The van der Waals surface area contributed by atoms with E-state index >= 15 is 0 Å². The highest BCUT2D eigenvalue weighted by Crippen LogP contribution is 2.17. The Balaban J connectivity index is 2.16. The van der Waals surface area contributed by atoms with Gasteiger partial charge in [0.1, 0.15) is 10.7 Å². The Bertz CT molecular complexity index is 589. The molecule has 0 fully saturated rings. The fourth-order valence-electron chi connectivity index (χ4n) is 1.38. The molecule has 1 N–H and O–H groups in total. The summed E-state index contributed by atoms with van der Waals surface area (Å²) in [6.07, 6.45) is 3.23. The van der Waals surface area contributed by atoms with Crippen LogP contribution < -0.4 is 0 Å². The van der Waals surface area contributed by atoms with Gasteiger partial charge in [-0.2, -0.15) is 0 Å². The third kappa shape index (κ3) is 2.80. The van der Waals surface area contributed by atoms with E-state index in [-0.39, 0.29) is 12.5 Å². The van der Waals surface area contributed by atoms with Crippen molar-refractivity contribution in [3.8, 4) is 0 Å². The van der Waals surface area contributed by atoms with Gasteiger partial charge in [0.05, 0.1) is 24.1 Å². The fourth-order valence-corrected chi connectivity index (χ4v) is 1.38. The molecule has 2 aromatic heterocycles. The van der Waals surface area contributed by atoms with Gasteiger partial charge in [0, 0.05) is 0 Å². The van der Waals surface area contributed by atoms with E-state index in [4.69, 9.17) is 9.52 Å². The molecule has 0 spiro atoms. The molecule has 0 atom stereocenters. The van der Waals surface area contributed by atoms with Crippen LogP contribution in [-0.4, -0.2) is 15.0 Å². The van der Waals surface area contributed by atoms with Gasteiger partial charge in [-0.05, 0) is 30.4 Å². The number of pyridine rings is 1. The number of aliphatic hydroxyl groups excluding tert-OH is 1. The zero-order valence-corrected chi connectivity index (χ0v) is 9.31. The highest BCUT2D eigenvalue weighted by atomic mass is 16.6. The first-order valence-electron chi connectivity index (χ1n) is 5.18. The monoisotopic (exact) mass is 246 g/mol. The number of aliphatic hydroxyl groups is 1. The van der Waals surface area contributed by atoms with Gasteiger partial charge >= 0.3 is 5.88 Å². The van der Waals surface area contributed by atoms with Crippen LogP contribution in [0, 0.1) is 10.1 Å². The van der Waals surface area contributed by atoms with Gasteiger partial charge in [-0.15, -0.1) is 0 Å². The van der Waals surface area contributed by atoms with Gasteiger partial charge < -0.3 is 9.52 Å². The Morgan fingerprint density at radius 2 is 2.17 bits per heavy atom. The Kier molecular flexibility index (Phi) is 3.49. The average molecular weight is 246 g/mol. The highest BCUT2D eigenvalue weighted by Gasteiger charge is 2.09. The van der Waals surface area contributed by atoms with E-state index in [0.29, 0.717) is 17.1 Å². The van der Waals surface area contributed by atoms with Crippen molar-refractivity contribution in [1.82, 2.24) is 4.98 Å². The van der Waals surface area contributed by atoms with Crippen molar-refractivity contribution in [2.75, 3.05) is 0 Å². The second kappa shape index (κ2) is 5.24. The SMILES string of the molecule is O=[N+]([O-])c1ccc(/C=C/c2cccc(CO)n2)o1. The molecule has 2 rings (SSSR count). The topological polar surface area (TPSA) is 89.4 Å². The molecule has 0 aliphatic heterocycles. The van der Waals surface area contributed by atoms with Gasteiger partial charge in [-0.3, -0.25) is 15.1 Å². The maximum absolute atomic E-state index is 10.4. The van der Waals surface area contributed by atoms with Crippen LogP contribution in [0.25, 0.3) is 12.2 Å². The Hall–Kier alpha value is -2.47. The van der Waals surface area contributed by atoms with Crippen molar-refractivity contribution < 1.29 is 14.4 Å². The summed E-state index contributed by atoms with van der Waals surface area (Å²) in [5.41, 5.74) is 1.20. The smallest absolute Gasteiger partial charge is 0.401 e. The lowest BCUT2D eigenvalue weighted by atomic mass is 10.2. The van der Waals surface area contributed by atoms with Crippen LogP contribution in [0.4, 0.5) is 5.88 Å². The maximum Gasteiger partial charge on any atom is 0.433 e. The minimum absolute atomic E-state index is 0.131. The molecule has 0 aliphatic rings. The van der Waals surface area contributed by atoms with E-state index < -0.39 is 4.92 Å². The summed E-state index contributed by atoms with van der Waals surface area (Å²) < 4.78 is 4.96. The molecular weight excluding hydrogens is 236 g/mol. The standard InChI is InChI=1S/C12H10N2O4/c15-8-10-3-1-2-9(13-10)4-5-11-6-7-12(18-11)14(16)17/h1-7,15H,8H2/b5-4+. The summed E-state index contributed by atoms with van der Waals surface area (Å²) >= 11 is 0. The molecule has 0 bridgehead atoms. The summed E-state index contributed by atoms with van der Waals surface area (Å²) in [5, 5.41) is 19.4. The first-order chi connectivity index (χ1) is 8.69. The summed E-state index contributed by atoms with van der Waals surface area (Å²) in [6, 6.07) is 8.02. The van der Waals surface area contributed by atoms with Crippen LogP contribution in [0.5, 0.6) is 0 Å². The predicted octanol–water partition coefficient (Wildman–Crippen LogP) is 2.25. The molecule has 0 saturated carbocycles. The number of hydrogen-bond acceptors (Lipinski definition) is 5. The van der Waals surface area contributed by atoms with E-state index in [2.05, 4.69) is 4.98 Å². The molecule has 0 aliphatic carbocycles. The minimum Gasteiger partial charge on any atom is -0.401 e. The summed E-state index contributed by atoms with van der Waals surface area (Å²) in [5.74, 6) is 0.0737. The van der Waals surface area contributed by atoms with Crippen LogP contribution in [-0.2, 0) is 6.61 Å². The molecule has 92 valence electrons. The molecule has 0 amide bonds. The Morgan fingerprint density at radius 3 is 2.83 bits per heavy atom. The van der Waals surface area contributed by atoms with Gasteiger partial charge in [0.2, 0.25) is 0 Å². The molecule has 0 unspecified atom stereocenters. The molecular formula is C12H10N2O4. The van der Waals surface area contributed by atoms with Crippen molar-refractivity contribution in [1.29, 1.82) is 0 Å². The quantitative estimate of drug-likeness (QED) is 0.660. The summed E-state index contributed by atoms with van der Waals surface area (Å²) in [4.78, 5) is 14.0. The van der Waals surface area contributed by atoms with Crippen molar-refractivity contribution in [3.05, 3.63) is 57.6 Å². The Labute approximate surface area is 102 Å². The van der Waals surface area contributed by atoms with E-state index in [0.717, 1.165) is 0 Å². The number of aromatic nitrogens is 1. The van der Waals surface area contributed by atoms with Crippen LogP contribution in [0.2, 0.25) is 0 Å². The molecule has 2 aromatic rings. The summed E-state index contributed by atoms with van der Waals surface area (Å²) in [6.45, 7) is -0.131. The molecule has 0 saturated heterocycles. The van der Waals surface area contributed by atoms with E-state index in [1.165, 1.54) is 12.1 Å². The average Bonchev–Trinajstić information content (AvgIpc) is 2.85. The predicted molar refractivity (Wildman–Crippen MR) is 64.5 cm³/mol. The molecule has 18 heavy (non-hydrogen) atoms. The fraction of sp³-hybridized carbons (Fsp3) is 0.0833. The molecule has 2 heterocycles. The zero-order valence-electron chi connectivity index (χ0n) is 9.31. The first-order valence-corrected chi connectivity index (χ1v) is 5.18. The number of rotatable bonds is 4. The van der Waals surface area contributed by atoms with Crippen molar-refractivity contribution in [2.24, 2.45) is 0 Å².